The van der Waals surface area contributed by atoms with Crippen LogP contribution < -0.4 is 4.72 Å². The molecule has 0 aliphatic carbocycles. The van der Waals surface area contributed by atoms with E-state index in [4.69, 9.17) is 21.8 Å². The van der Waals surface area contributed by atoms with E-state index < -0.39 is 40.0 Å². The Bertz CT molecular complexity index is 608. The molecule has 0 aromatic heterocycles. The molecule has 1 aromatic carbocycles. The molecule has 1 aromatic rings. The highest BCUT2D eigenvalue weighted by atomic mass is 35.5. The Morgan fingerprint density at radius 1 is 1.40 bits per heavy atom. The first-order valence-electron chi connectivity index (χ1n) is 5.14. The van der Waals surface area contributed by atoms with Crippen LogP contribution in [-0.2, 0) is 10.0 Å². The van der Waals surface area contributed by atoms with E-state index in [0.29, 0.717) is 0 Å². The molecule has 0 aliphatic heterocycles. The Labute approximate surface area is 118 Å². The summed E-state index contributed by atoms with van der Waals surface area (Å²) in [6.45, 7) is -0.877. The molecular formula is C10H10ClF2NO5S. The Kier molecular flexibility index (Phi) is 5.40. The Morgan fingerprint density at radius 2 is 2.00 bits per heavy atom. The van der Waals surface area contributed by atoms with Crippen LogP contribution in [0.3, 0.4) is 0 Å². The Hall–Kier alpha value is -1.29. The second kappa shape index (κ2) is 6.44. The number of hydrogen-bond donors (Lipinski definition) is 3. The quantitative estimate of drug-likeness (QED) is 0.720. The van der Waals surface area contributed by atoms with Gasteiger partial charge in [0.25, 0.3) is 6.43 Å². The van der Waals surface area contributed by atoms with Gasteiger partial charge in [-0.05, 0) is 18.2 Å². The molecule has 0 spiro atoms. The number of aromatic carboxylic acids is 1. The zero-order chi connectivity index (χ0) is 15.5. The van der Waals surface area contributed by atoms with Crippen molar-refractivity contribution in [3.05, 3.63) is 28.8 Å². The van der Waals surface area contributed by atoms with Crippen molar-refractivity contribution in [2.24, 2.45) is 0 Å². The van der Waals surface area contributed by atoms with Crippen LogP contribution in [0, 0.1) is 0 Å². The van der Waals surface area contributed by atoms with Crippen LogP contribution >= 0.6 is 11.6 Å². The summed E-state index contributed by atoms with van der Waals surface area (Å²) in [6.07, 6.45) is -5.23. The molecular weight excluding hydrogens is 320 g/mol. The topological polar surface area (TPSA) is 104 Å². The highest BCUT2D eigenvalue weighted by Gasteiger charge is 2.22. The fourth-order valence-corrected chi connectivity index (χ4v) is 2.61. The van der Waals surface area contributed by atoms with E-state index in [1.165, 1.54) is 0 Å². The number of carboxylic acid groups (broad SMARTS) is 1. The largest absolute Gasteiger partial charge is 0.478 e. The van der Waals surface area contributed by atoms with E-state index in [1.807, 2.05) is 0 Å². The zero-order valence-corrected chi connectivity index (χ0v) is 11.3. The van der Waals surface area contributed by atoms with E-state index in [9.17, 15) is 22.0 Å². The number of carbonyl (C=O) groups is 1. The normalized spacial score (nSPS) is 13.4. The first kappa shape index (κ1) is 16.8. The van der Waals surface area contributed by atoms with Gasteiger partial charge < -0.3 is 10.2 Å². The molecule has 0 heterocycles. The minimum atomic E-state index is -4.17. The highest BCUT2D eigenvalue weighted by molar-refractivity contribution is 7.89. The maximum atomic E-state index is 12.0. The zero-order valence-electron chi connectivity index (χ0n) is 9.76. The summed E-state index contributed by atoms with van der Waals surface area (Å²) in [6, 6.07) is 2.82. The van der Waals surface area contributed by atoms with Crippen LogP contribution in [0.15, 0.2) is 23.1 Å². The maximum absolute atomic E-state index is 12.0. The summed E-state index contributed by atoms with van der Waals surface area (Å²) in [4.78, 5) is 10.3. The van der Waals surface area contributed by atoms with Crippen molar-refractivity contribution < 1.29 is 32.2 Å². The van der Waals surface area contributed by atoms with Crippen LogP contribution in [0.4, 0.5) is 8.78 Å². The average molecular weight is 330 g/mol. The van der Waals surface area contributed by atoms with Crippen LogP contribution in [-0.4, -0.2) is 43.7 Å². The number of aliphatic hydroxyl groups excluding tert-OH is 1. The average Bonchev–Trinajstić information content (AvgIpc) is 2.35. The van der Waals surface area contributed by atoms with Gasteiger partial charge in [-0.15, -0.1) is 0 Å². The maximum Gasteiger partial charge on any atom is 0.337 e. The third kappa shape index (κ3) is 4.10. The van der Waals surface area contributed by atoms with E-state index in [-0.39, 0.29) is 10.6 Å². The lowest BCUT2D eigenvalue weighted by Crippen LogP contribution is -2.35. The molecule has 20 heavy (non-hydrogen) atoms. The van der Waals surface area contributed by atoms with Gasteiger partial charge in [0, 0.05) is 6.54 Å². The molecule has 0 saturated heterocycles. The van der Waals surface area contributed by atoms with Gasteiger partial charge in [0.2, 0.25) is 10.0 Å². The number of alkyl halides is 2. The number of carboxylic acids is 1. The van der Waals surface area contributed by atoms with Gasteiger partial charge in [-0.1, -0.05) is 11.6 Å². The highest BCUT2D eigenvalue weighted by Crippen LogP contribution is 2.20. The molecule has 0 amide bonds. The summed E-state index contributed by atoms with van der Waals surface area (Å²) in [5.74, 6) is -1.33. The van der Waals surface area contributed by atoms with E-state index in [2.05, 4.69) is 0 Å². The smallest absolute Gasteiger partial charge is 0.337 e. The Morgan fingerprint density at radius 3 is 2.45 bits per heavy atom. The second-order valence-electron chi connectivity index (χ2n) is 3.70. The fourth-order valence-electron chi connectivity index (χ4n) is 1.20. The number of hydrogen-bond acceptors (Lipinski definition) is 4. The Balaban J connectivity index is 2.94. The molecule has 0 aliphatic rings. The molecule has 0 radical (unpaired) electrons. The van der Waals surface area contributed by atoms with Crippen molar-refractivity contribution in [1.29, 1.82) is 0 Å². The lowest BCUT2D eigenvalue weighted by Gasteiger charge is -2.11. The van der Waals surface area contributed by atoms with Crippen molar-refractivity contribution in [3.8, 4) is 0 Å². The summed E-state index contributed by atoms with van der Waals surface area (Å²) in [7, 11) is -4.17. The van der Waals surface area contributed by atoms with Gasteiger partial charge in [-0.3, -0.25) is 0 Å². The summed E-state index contributed by atoms with van der Waals surface area (Å²) >= 11 is 5.60. The minimum Gasteiger partial charge on any atom is -0.478 e. The molecule has 0 fully saturated rings. The fraction of sp³-hybridized carbons (Fsp3) is 0.300. The second-order valence-corrected chi connectivity index (χ2v) is 5.87. The molecule has 1 atom stereocenters. The predicted molar refractivity (Wildman–Crippen MR) is 65.6 cm³/mol. The lowest BCUT2D eigenvalue weighted by atomic mass is 10.2. The van der Waals surface area contributed by atoms with Gasteiger partial charge in [0.15, 0.2) is 0 Å². The van der Waals surface area contributed by atoms with Crippen LogP contribution in [0.25, 0.3) is 0 Å². The van der Waals surface area contributed by atoms with Crippen molar-refractivity contribution in [2.45, 2.75) is 17.4 Å². The molecule has 1 unspecified atom stereocenters. The number of halogens is 3. The van der Waals surface area contributed by atoms with Gasteiger partial charge in [0.05, 0.1) is 15.5 Å². The number of nitrogens with one attached hydrogen (secondary N) is 1. The first-order valence-corrected chi connectivity index (χ1v) is 7.00. The number of aliphatic hydroxyl groups is 1. The van der Waals surface area contributed by atoms with Gasteiger partial charge >= 0.3 is 5.97 Å². The number of benzene rings is 1. The summed E-state index contributed by atoms with van der Waals surface area (Å²) in [5, 5.41) is 17.2. The van der Waals surface area contributed by atoms with Crippen LogP contribution in [0.1, 0.15) is 10.4 Å². The van der Waals surface area contributed by atoms with Gasteiger partial charge in [0.1, 0.15) is 6.10 Å². The van der Waals surface area contributed by atoms with Crippen molar-refractivity contribution >= 4 is 27.6 Å². The first-order chi connectivity index (χ1) is 9.15. The molecule has 112 valence electrons. The molecule has 3 N–H and O–H groups in total. The molecule has 10 heteroatoms. The summed E-state index contributed by atoms with van der Waals surface area (Å²) in [5.41, 5.74) is -0.293. The molecule has 1 rings (SSSR count). The van der Waals surface area contributed by atoms with Crippen LogP contribution in [0.2, 0.25) is 5.02 Å². The van der Waals surface area contributed by atoms with Crippen molar-refractivity contribution in [3.63, 3.8) is 0 Å². The van der Waals surface area contributed by atoms with Crippen molar-refractivity contribution in [2.75, 3.05) is 6.54 Å². The standard InChI is InChI=1S/C10H10ClF2NO5S/c11-7-3-5(1-2-6(7)10(16)17)20(18,19)14-4-8(15)9(12)13/h1-3,8-9,14-15H,4H2,(H,16,17). The minimum absolute atomic E-state index is 0.293. The predicted octanol–water partition coefficient (Wildman–Crippen LogP) is 0.942. The molecule has 0 saturated carbocycles. The van der Waals surface area contributed by atoms with Gasteiger partial charge in [-0.25, -0.2) is 26.7 Å². The number of rotatable bonds is 6. The number of sulfonamides is 1. The third-order valence-corrected chi connectivity index (χ3v) is 3.99. The molecule has 0 bridgehead atoms. The van der Waals surface area contributed by atoms with E-state index in [1.54, 1.807) is 4.72 Å². The monoisotopic (exact) mass is 329 g/mol. The summed E-state index contributed by atoms with van der Waals surface area (Å²) < 4.78 is 49.3. The third-order valence-electron chi connectivity index (χ3n) is 2.25. The van der Waals surface area contributed by atoms with E-state index >= 15 is 0 Å². The van der Waals surface area contributed by atoms with Gasteiger partial charge in [-0.2, -0.15) is 0 Å². The molecule has 6 nitrogen and oxygen atoms in total. The van der Waals surface area contributed by atoms with E-state index in [0.717, 1.165) is 18.2 Å². The lowest BCUT2D eigenvalue weighted by molar-refractivity contribution is -0.000452. The van der Waals surface area contributed by atoms with Crippen LogP contribution in [0.5, 0.6) is 0 Å². The SMILES string of the molecule is O=C(O)c1ccc(S(=O)(=O)NCC(O)C(F)F)cc1Cl. The van der Waals surface area contributed by atoms with Crippen molar-refractivity contribution in [1.82, 2.24) is 4.72 Å².